The molecular formula is C18H21Br2N2O+. The molecule has 0 fully saturated rings. The van der Waals surface area contributed by atoms with Gasteiger partial charge < -0.3 is 15.0 Å². The number of nitrogens with zero attached hydrogens (tertiary/aromatic N) is 1. The van der Waals surface area contributed by atoms with Gasteiger partial charge in [-0.1, -0.05) is 31.9 Å². The molecule has 3 N–H and O–H groups in total. The minimum absolute atomic E-state index is 0.372. The summed E-state index contributed by atoms with van der Waals surface area (Å²) in [6.45, 7) is 5.60. The van der Waals surface area contributed by atoms with Crippen LogP contribution in [0.2, 0.25) is 0 Å². The highest BCUT2D eigenvalue weighted by atomic mass is 79.9. The summed E-state index contributed by atoms with van der Waals surface area (Å²) in [5, 5.41) is 15.0. The lowest BCUT2D eigenvalue weighted by molar-refractivity contribution is -0.688. The molecule has 3 rings (SSSR count). The van der Waals surface area contributed by atoms with Gasteiger partial charge in [-0.25, -0.2) is 0 Å². The van der Waals surface area contributed by atoms with Crippen LogP contribution >= 0.6 is 31.9 Å². The number of benzene rings is 2. The Morgan fingerprint density at radius 2 is 1.52 bits per heavy atom. The van der Waals surface area contributed by atoms with E-state index < -0.39 is 0 Å². The minimum atomic E-state index is -0.372. The summed E-state index contributed by atoms with van der Waals surface area (Å²) in [6, 6.07) is 13.1. The summed E-state index contributed by atoms with van der Waals surface area (Å²) in [5.41, 5.74) is 2.31. The average Bonchev–Trinajstić information content (AvgIpc) is 2.78. The van der Waals surface area contributed by atoms with Crippen LogP contribution in [0.5, 0.6) is 0 Å². The van der Waals surface area contributed by atoms with Crippen molar-refractivity contribution in [2.45, 2.75) is 32.5 Å². The third-order valence-corrected chi connectivity index (χ3v) is 5.05. The highest BCUT2D eigenvalue weighted by Crippen LogP contribution is 2.33. The van der Waals surface area contributed by atoms with E-state index in [2.05, 4.69) is 92.0 Å². The maximum absolute atomic E-state index is 10.4. The molecule has 5 heteroatoms. The smallest absolute Gasteiger partial charge is 0.121 e. The number of hydrogen-bond acceptors (Lipinski definition) is 1. The molecular weight excluding hydrogens is 420 g/mol. The van der Waals surface area contributed by atoms with Crippen LogP contribution in [0.15, 0.2) is 45.3 Å². The van der Waals surface area contributed by atoms with Gasteiger partial charge in [-0.05, 0) is 50.2 Å². The van der Waals surface area contributed by atoms with Gasteiger partial charge in [-0.2, -0.15) is 0 Å². The van der Waals surface area contributed by atoms with Crippen molar-refractivity contribution in [1.29, 1.82) is 0 Å². The topological polar surface area (TPSA) is 41.8 Å². The van der Waals surface area contributed by atoms with Gasteiger partial charge in [0, 0.05) is 30.8 Å². The summed E-state index contributed by atoms with van der Waals surface area (Å²) in [6.07, 6.45) is -0.372. The summed E-state index contributed by atoms with van der Waals surface area (Å²) in [7, 11) is 0. The van der Waals surface area contributed by atoms with Crippen LogP contribution in [0.3, 0.4) is 0 Å². The first-order valence-corrected chi connectivity index (χ1v) is 9.42. The number of hydrogen-bond donors (Lipinski definition) is 2. The Morgan fingerprint density at radius 3 is 2.00 bits per heavy atom. The van der Waals surface area contributed by atoms with Crippen molar-refractivity contribution in [2.75, 3.05) is 6.54 Å². The van der Waals surface area contributed by atoms with Crippen LogP contribution in [-0.4, -0.2) is 28.4 Å². The van der Waals surface area contributed by atoms with Crippen LogP contribution in [0.4, 0.5) is 0 Å². The van der Waals surface area contributed by atoms with Gasteiger partial charge in [-0.15, -0.1) is 0 Å². The highest BCUT2D eigenvalue weighted by Gasteiger charge is 2.15. The van der Waals surface area contributed by atoms with Crippen molar-refractivity contribution >= 4 is 53.7 Å². The van der Waals surface area contributed by atoms with Crippen molar-refractivity contribution in [3.8, 4) is 0 Å². The lowest BCUT2D eigenvalue weighted by atomic mass is 10.2. The average molecular weight is 441 g/mol. The number of fused-ring (bicyclic) bond motifs is 3. The third-order valence-electron chi connectivity index (χ3n) is 4.06. The Kier molecular flexibility index (Phi) is 5.11. The predicted octanol–water partition coefficient (Wildman–Crippen LogP) is 3.65. The molecule has 0 aliphatic rings. The molecule has 0 amide bonds. The second-order valence-electron chi connectivity index (χ2n) is 6.30. The van der Waals surface area contributed by atoms with Gasteiger partial charge in [0.05, 0.1) is 12.6 Å². The summed E-state index contributed by atoms with van der Waals surface area (Å²) in [4.78, 5) is 0. The first kappa shape index (κ1) is 17.0. The molecule has 122 valence electrons. The van der Waals surface area contributed by atoms with E-state index in [-0.39, 0.29) is 6.10 Å². The summed E-state index contributed by atoms with van der Waals surface area (Å²) < 4.78 is 4.36. The predicted molar refractivity (Wildman–Crippen MR) is 103 cm³/mol. The Labute approximate surface area is 152 Å². The molecule has 1 atom stereocenters. The van der Waals surface area contributed by atoms with Crippen molar-refractivity contribution in [2.24, 2.45) is 0 Å². The van der Waals surface area contributed by atoms with Gasteiger partial charge in [0.25, 0.3) is 0 Å². The van der Waals surface area contributed by atoms with Crippen molar-refractivity contribution in [3.63, 3.8) is 0 Å². The largest absolute Gasteiger partial charge is 0.385 e. The fraction of sp³-hybridized carbons (Fsp3) is 0.333. The molecule has 1 heterocycles. The summed E-state index contributed by atoms with van der Waals surface area (Å²) in [5.74, 6) is 0. The van der Waals surface area contributed by atoms with E-state index in [0.717, 1.165) is 20.0 Å². The molecule has 2 aromatic carbocycles. The SMILES string of the molecule is CC(C)[NH2+]CC(O)Cn1c2ccc(Br)cc2c2cc(Br)ccc21. The fourth-order valence-corrected chi connectivity index (χ4v) is 3.68. The zero-order valence-electron chi connectivity index (χ0n) is 13.3. The molecule has 0 bridgehead atoms. The van der Waals surface area contributed by atoms with Crippen LogP contribution < -0.4 is 5.32 Å². The van der Waals surface area contributed by atoms with Crippen LogP contribution in [0.1, 0.15) is 13.8 Å². The van der Waals surface area contributed by atoms with E-state index in [4.69, 9.17) is 0 Å². The molecule has 0 radical (unpaired) electrons. The molecule has 23 heavy (non-hydrogen) atoms. The first-order chi connectivity index (χ1) is 11.0. The fourth-order valence-electron chi connectivity index (χ4n) is 2.96. The molecule has 0 aliphatic heterocycles. The lowest BCUT2D eigenvalue weighted by Gasteiger charge is -2.14. The standard InChI is InChI=1S/C18H20Br2N2O/c1-11(2)21-9-14(23)10-22-17-5-3-12(19)7-15(17)16-8-13(20)4-6-18(16)22/h3-8,11,14,21,23H,9-10H2,1-2H3/p+1. The molecule has 1 unspecified atom stereocenters. The number of aliphatic hydroxyl groups is 1. The maximum Gasteiger partial charge on any atom is 0.121 e. The number of halogens is 2. The maximum atomic E-state index is 10.4. The van der Waals surface area contributed by atoms with Gasteiger partial charge in [0.1, 0.15) is 12.6 Å². The van der Waals surface area contributed by atoms with Gasteiger partial charge >= 0.3 is 0 Å². The zero-order valence-corrected chi connectivity index (χ0v) is 16.4. The van der Waals surface area contributed by atoms with E-state index in [9.17, 15) is 5.11 Å². The molecule has 0 saturated heterocycles. The van der Waals surface area contributed by atoms with E-state index in [1.54, 1.807) is 0 Å². The first-order valence-electron chi connectivity index (χ1n) is 7.84. The number of aliphatic hydroxyl groups excluding tert-OH is 1. The molecule has 0 aliphatic carbocycles. The molecule has 1 aromatic heterocycles. The van der Waals surface area contributed by atoms with Gasteiger partial charge in [-0.3, -0.25) is 0 Å². The zero-order chi connectivity index (χ0) is 16.6. The molecule has 0 spiro atoms. The Bertz CT molecular complexity index is 783. The number of aromatic nitrogens is 1. The Morgan fingerprint density at radius 1 is 1.00 bits per heavy atom. The minimum Gasteiger partial charge on any atom is -0.385 e. The van der Waals surface area contributed by atoms with E-state index in [1.807, 2.05) is 0 Å². The van der Waals surface area contributed by atoms with Gasteiger partial charge in [0.2, 0.25) is 0 Å². The molecule has 0 saturated carbocycles. The second-order valence-corrected chi connectivity index (χ2v) is 8.13. The monoisotopic (exact) mass is 439 g/mol. The van der Waals surface area contributed by atoms with E-state index in [1.165, 1.54) is 10.8 Å². The van der Waals surface area contributed by atoms with Crippen molar-refractivity contribution in [1.82, 2.24) is 4.57 Å². The Balaban J connectivity index is 2.07. The lowest BCUT2D eigenvalue weighted by Crippen LogP contribution is -2.90. The number of quaternary nitrogens is 1. The van der Waals surface area contributed by atoms with Crippen molar-refractivity contribution < 1.29 is 10.4 Å². The number of nitrogens with two attached hydrogens (primary N) is 1. The van der Waals surface area contributed by atoms with Crippen LogP contribution in [-0.2, 0) is 6.54 Å². The van der Waals surface area contributed by atoms with Gasteiger partial charge in [0.15, 0.2) is 0 Å². The number of rotatable bonds is 5. The van der Waals surface area contributed by atoms with Crippen molar-refractivity contribution in [3.05, 3.63) is 45.3 Å². The molecule has 3 aromatic rings. The normalized spacial score (nSPS) is 13.3. The molecule has 3 nitrogen and oxygen atoms in total. The van der Waals surface area contributed by atoms with Crippen LogP contribution in [0.25, 0.3) is 21.8 Å². The summed E-state index contributed by atoms with van der Waals surface area (Å²) >= 11 is 7.12. The quantitative estimate of drug-likeness (QED) is 0.624. The van der Waals surface area contributed by atoms with E-state index >= 15 is 0 Å². The third kappa shape index (κ3) is 3.63. The Hall–Kier alpha value is -0.880. The highest BCUT2D eigenvalue weighted by molar-refractivity contribution is 9.10. The van der Waals surface area contributed by atoms with E-state index in [0.29, 0.717) is 19.1 Å². The van der Waals surface area contributed by atoms with Crippen LogP contribution in [0, 0.1) is 0 Å². The second kappa shape index (κ2) is 6.93.